The van der Waals surface area contributed by atoms with E-state index in [9.17, 15) is 9.59 Å². The molecule has 2 amide bonds. The second-order valence-electron chi connectivity index (χ2n) is 9.69. The van der Waals surface area contributed by atoms with Crippen LogP contribution in [0.3, 0.4) is 0 Å². The zero-order valence-corrected chi connectivity index (χ0v) is 20.3. The van der Waals surface area contributed by atoms with E-state index in [4.69, 9.17) is 9.47 Å². The van der Waals surface area contributed by atoms with Gasteiger partial charge >= 0.3 is 6.09 Å². The quantitative estimate of drug-likeness (QED) is 0.549. The maximum atomic E-state index is 13.2. The SMILES string of the molecule is COc1ccc(C(CNC(=O)C2CCCN2C(=O)OC(C)(C)C)c2c[nH]c3ccccc23)cc1. The lowest BCUT2D eigenvalue weighted by Crippen LogP contribution is -2.48. The molecule has 1 aliphatic rings. The van der Waals surface area contributed by atoms with Crippen molar-refractivity contribution >= 4 is 22.9 Å². The summed E-state index contributed by atoms with van der Waals surface area (Å²) in [5.74, 6) is 0.563. The number of H-pyrrole nitrogens is 1. The summed E-state index contributed by atoms with van der Waals surface area (Å²) in [6.07, 6.45) is 2.98. The van der Waals surface area contributed by atoms with Gasteiger partial charge in [0.15, 0.2) is 0 Å². The summed E-state index contributed by atoms with van der Waals surface area (Å²) in [6.45, 7) is 6.42. The average molecular weight is 464 g/mol. The van der Waals surface area contributed by atoms with Crippen molar-refractivity contribution in [3.63, 3.8) is 0 Å². The third kappa shape index (κ3) is 5.19. The smallest absolute Gasteiger partial charge is 0.410 e. The minimum absolute atomic E-state index is 0.0672. The molecule has 0 aliphatic carbocycles. The van der Waals surface area contributed by atoms with Gasteiger partial charge in [-0.15, -0.1) is 0 Å². The van der Waals surface area contributed by atoms with E-state index >= 15 is 0 Å². The van der Waals surface area contributed by atoms with Gasteiger partial charge in [0, 0.05) is 36.1 Å². The number of hydrogen-bond donors (Lipinski definition) is 2. The second-order valence-corrected chi connectivity index (χ2v) is 9.69. The number of hydrogen-bond acceptors (Lipinski definition) is 4. The zero-order chi connectivity index (χ0) is 24.3. The van der Waals surface area contributed by atoms with Crippen LogP contribution in [0.15, 0.2) is 54.7 Å². The monoisotopic (exact) mass is 463 g/mol. The lowest BCUT2D eigenvalue weighted by atomic mass is 9.90. The first-order chi connectivity index (χ1) is 16.3. The maximum absolute atomic E-state index is 13.2. The third-order valence-electron chi connectivity index (χ3n) is 6.18. The summed E-state index contributed by atoms with van der Waals surface area (Å²) in [4.78, 5) is 30.7. The van der Waals surface area contributed by atoms with Gasteiger partial charge in [-0.1, -0.05) is 30.3 Å². The predicted octanol–water partition coefficient (Wildman–Crippen LogP) is 4.82. The van der Waals surface area contributed by atoms with Crippen LogP contribution in [0, 0.1) is 0 Å². The van der Waals surface area contributed by atoms with E-state index in [-0.39, 0.29) is 11.8 Å². The lowest BCUT2D eigenvalue weighted by molar-refractivity contribution is -0.125. The summed E-state index contributed by atoms with van der Waals surface area (Å²) < 4.78 is 10.8. The topological polar surface area (TPSA) is 83.7 Å². The van der Waals surface area contributed by atoms with Crippen LogP contribution in [-0.2, 0) is 9.53 Å². The Kier molecular flexibility index (Phi) is 6.82. The number of likely N-dealkylation sites (tertiary alicyclic amines) is 1. The first-order valence-corrected chi connectivity index (χ1v) is 11.7. The van der Waals surface area contributed by atoms with Crippen molar-refractivity contribution in [3.8, 4) is 5.75 Å². The Morgan fingerprint density at radius 3 is 2.59 bits per heavy atom. The van der Waals surface area contributed by atoms with Gasteiger partial charge in [0.1, 0.15) is 17.4 Å². The number of carbonyl (C=O) groups is 2. The molecule has 7 heteroatoms. The number of carbonyl (C=O) groups excluding carboxylic acids is 2. The average Bonchev–Trinajstić information content (AvgIpc) is 3.46. The number of aromatic amines is 1. The number of fused-ring (bicyclic) bond motifs is 1. The molecular weight excluding hydrogens is 430 g/mol. The fraction of sp³-hybridized carbons (Fsp3) is 0.407. The Labute approximate surface area is 200 Å². The third-order valence-corrected chi connectivity index (χ3v) is 6.18. The van der Waals surface area contributed by atoms with E-state index in [0.29, 0.717) is 19.5 Å². The summed E-state index contributed by atoms with van der Waals surface area (Å²) in [6, 6.07) is 15.5. The molecule has 180 valence electrons. The van der Waals surface area contributed by atoms with Crippen LogP contribution in [-0.4, -0.2) is 53.7 Å². The molecule has 1 aromatic heterocycles. The number of para-hydroxylation sites is 1. The van der Waals surface area contributed by atoms with Crippen molar-refractivity contribution in [2.45, 2.75) is 51.2 Å². The number of methoxy groups -OCH3 is 1. The molecule has 0 saturated carbocycles. The molecule has 1 fully saturated rings. The first kappa shape index (κ1) is 23.7. The Hall–Kier alpha value is -3.48. The summed E-state index contributed by atoms with van der Waals surface area (Å²) >= 11 is 0. The molecule has 2 N–H and O–H groups in total. The van der Waals surface area contributed by atoms with Crippen LogP contribution in [0.5, 0.6) is 5.75 Å². The van der Waals surface area contributed by atoms with Crippen molar-refractivity contribution in [3.05, 3.63) is 65.9 Å². The highest BCUT2D eigenvalue weighted by Gasteiger charge is 2.36. The van der Waals surface area contributed by atoms with Gasteiger partial charge in [-0.05, 0) is 62.9 Å². The van der Waals surface area contributed by atoms with Crippen molar-refractivity contribution in [1.29, 1.82) is 0 Å². The van der Waals surface area contributed by atoms with Crippen molar-refractivity contribution in [1.82, 2.24) is 15.2 Å². The van der Waals surface area contributed by atoms with Gasteiger partial charge in [0.05, 0.1) is 7.11 Å². The van der Waals surface area contributed by atoms with Gasteiger partial charge in [-0.25, -0.2) is 4.79 Å². The predicted molar refractivity (Wildman–Crippen MR) is 132 cm³/mol. The van der Waals surface area contributed by atoms with Crippen LogP contribution in [0.2, 0.25) is 0 Å². The fourth-order valence-electron chi connectivity index (χ4n) is 4.52. The molecule has 1 saturated heterocycles. The Bertz CT molecular complexity index is 1150. The van der Waals surface area contributed by atoms with E-state index in [1.807, 2.05) is 69.4 Å². The highest BCUT2D eigenvalue weighted by Crippen LogP contribution is 2.31. The number of amides is 2. The molecule has 3 aromatic rings. The number of benzene rings is 2. The van der Waals surface area contributed by atoms with Crippen LogP contribution in [0.1, 0.15) is 50.7 Å². The van der Waals surface area contributed by atoms with E-state index in [0.717, 1.165) is 34.2 Å². The highest BCUT2D eigenvalue weighted by molar-refractivity contribution is 5.87. The van der Waals surface area contributed by atoms with Crippen LogP contribution in [0.4, 0.5) is 4.79 Å². The van der Waals surface area contributed by atoms with E-state index < -0.39 is 17.7 Å². The molecule has 0 bridgehead atoms. The Balaban J connectivity index is 1.55. The molecule has 4 rings (SSSR count). The summed E-state index contributed by atoms with van der Waals surface area (Å²) in [5.41, 5.74) is 2.63. The molecule has 0 radical (unpaired) electrons. The number of nitrogens with one attached hydrogen (secondary N) is 2. The molecule has 1 aliphatic heterocycles. The molecule has 34 heavy (non-hydrogen) atoms. The summed E-state index contributed by atoms with van der Waals surface area (Å²) in [5, 5.41) is 4.24. The normalized spacial score (nSPS) is 16.9. The molecule has 0 spiro atoms. The van der Waals surface area contributed by atoms with Crippen LogP contribution in [0.25, 0.3) is 10.9 Å². The van der Waals surface area contributed by atoms with Gasteiger partial charge < -0.3 is 19.8 Å². The van der Waals surface area contributed by atoms with Gasteiger partial charge in [0.2, 0.25) is 5.91 Å². The minimum atomic E-state index is -0.602. The molecule has 2 unspecified atom stereocenters. The van der Waals surface area contributed by atoms with E-state index in [1.165, 1.54) is 0 Å². The molecule has 2 heterocycles. The Morgan fingerprint density at radius 1 is 1.15 bits per heavy atom. The molecular formula is C27H33N3O4. The highest BCUT2D eigenvalue weighted by atomic mass is 16.6. The van der Waals surface area contributed by atoms with Crippen molar-refractivity contribution in [2.75, 3.05) is 20.2 Å². The number of aromatic nitrogens is 1. The largest absolute Gasteiger partial charge is 0.497 e. The molecule has 2 atom stereocenters. The molecule has 2 aromatic carbocycles. The fourth-order valence-corrected chi connectivity index (χ4v) is 4.52. The number of rotatable bonds is 6. The Morgan fingerprint density at radius 2 is 1.88 bits per heavy atom. The summed E-state index contributed by atoms with van der Waals surface area (Å²) in [7, 11) is 1.64. The van der Waals surface area contributed by atoms with E-state index in [2.05, 4.69) is 16.4 Å². The number of nitrogens with zero attached hydrogens (tertiary/aromatic N) is 1. The van der Waals surface area contributed by atoms with E-state index in [1.54, 1.807) is 12.0 Å². The van der Waals surface area contributed by atoms with Crippen LogP contribution >= 0.6 is 0 Å². The van der Waals surface area contributed by atoms with Gasteiger partial charge in [-0.3, -0.25) is 9.69 Å². The molecule has 7 nitrogen and oxygen atoms in total. The lowest BCUT2D eigenvalue weighted by Gasteiger charge is -2.28. The second kappa shape index (κ2) is 9.79. The van der Waals surface area contributed by atoms with Gasteiger partial charge in [0.25, 0.3) is 0 Å². The van der Waals surface area contributed by atoms with Crippen molar-refractivity contribution < 1.29 is 19.1 Å². The maximum Gasteiger partial charge on any atom is 0.410 e. The minimum Gasteiger partial charge on any atom is -0.497 e. The first-order valence-electron chi connectivity index (χ1n) is 11.7. The standard InChI is InChI=1S/C27H33N3O4/c1-27(2,3)34-26(32)30-15-7-10-24(30)25(31)29-16-21(18-11-13-19(33-4)14-12-18)22-17-28-23-9-6-5-8-20(22)23/h5-6,8-9,11-14,17,21,24,28H,7,10,15-16H2,1-4H3,(H,29,31). The van der Waals surface area contributed by atoms with Gasteiger partial charge in [-0.2, -0.15) is 0 Å². The van der Waals surface area contributed by atoms with Crippen LogP contribution < -0.4 is 10.1 Å². The number of ether oxygens (including phenoxy) is 2. The van der Waals surface area contributed by atoms with Crippen molar-refractivity contribution in [2.24, 2.45) is 0 Å². The zero-order valence-electron chi connectivity index (χ0n) is 20.3.